The lowest BCUT2D eigenvalue weighted by Gasteiger charge is -2.21. The van der Waals surface area contributed by atoms with Crippen LogP contribution in [-0.4, -0.2) is 30.9 Å². The van der Waals surface area contributed by atoms with Gasteiger partial charge in [0.2, 0.25) is 6.17 Å². The van der Waals surface area contributed by atoms with Crippen molar-refractivity contribution in [3.63, 3.8) is 0 Å². The second-order valence-electron chi connectivity index (χ2n) is 7.45. The molecule has 0 saturated carbocycles. The number of nitrogens with one attached hydrogen (secondary N) is 2. The van der Waals surface area contributed by atoms with E-state index in [2.05, 4.69) is 15.6 Å². The second kappa shape index (κ2) is 9.18. The topological polar surface area (TPSA) is 73.8 Å². The molecule has 3 amide bonds. The van der Waals surface area contributed by atoms with E-state index in [1.807, 2.05) is 42.5 Å². The van der Waals surface area contributed by atoms with Crippen LogP contribution in [0.5, 0.6) is 0 Å². The highest BCUT2D eigenvalue weighted by Crippen LogP contribution is 2.34. The van der Waals surface area contributed by atoms with Crippen LogP contribution in [0.4, 0.5) is 29.3 Å². The van der Waals surface area contributed by atoms with Gasteiger partial charge >= 0.3 is 12.2 Å². The molecule has 0 spiro atoms. The van der Waals surface area contributed by atoms with Crippen molar-refractivity contribution in [1.82, 2.24) is 5.32 Å². The van der Waals surface area contributed by atoms with Gasteiger partial charge in [-0.3, -0.25) is 4.79 Å². The Morgan fingerprint density at radius 2 is 1.71 bits per heavy atom. The molecule has 0 saturated heterocycles. The van der Waals surface area contributed by atoms with E-state index in [9.17, 15) is 22.8 Å². The number of halogens is 4. The number of fused-ring (bicyclic) bond motifs is 1. The summed E-state index contributed by atoms with van der Waals surface area (Å²) in [5.74, 6) is -0.524. The predicted molar refractivity (Wildman–Crippen MR) is 124 cm³/mol. The zero-order valence-electron chi connectivity index (χ0n) is 17.7. The van der Waals surface area contributed by atoms with Crippen molar-refractivity contribution in [1.29, 1.82) is 0 Å². The molecule has 0 aliphatic carbocycles. The van der Waals surface area contributed by atoms with Gasteiger partial charge in [0.05, 0.1) is 27.7 Å². The van der Waals surface area contributed by atoms with Crippen molar-refractivity contribution in [2.75, 3.05) is 17.3 Å². The molecule has 1 unspecified atom stereocenters. The van der Waals surface area contributed by atoms with Gasteiger partial charge in [0.1, 0.15) is 0 Å². The molecule has 3 aromatic rings. The first-order valence-corrected chi connectivity index (χ1v) is 10.5. The number of alkyl halides is 3. The number of likely N-dealkylation sites (N-methyl/N-ethyl adjacent to an activating group) is 1. The Hall–Kier alpha value is -3.85. The number of benzene rings is 3. The van der Waals surface area contributed by atoms with E-state index in [1.54, 1.807) is 19.2 Å². The lowest BCUT2D eigenvalue weighted by Crippen LogP contribution is -2.47. The number of anilines is 2. The lowest BCUT2D eigenvalue weighted by atomic mass is 10.0. The van der Waals surface area contributed by atoms with Gasteiger partial charge in [-0.05, 0) is 24.3 Å². The minimum Gasteiger partial charge on any atom is -0.311 e. The summed E-state index contributed by atoms with van der Waals surface area (Å²) < 4.78 is 39.1. The molecule has 0 radical (unpaired) electrons. The van der Waals surface area contributed by atoms with Crippen LogP contribution in [0.25, 0.3) is 0 Å². The molecule has 0 aromatic heterocycles. The molecule has 1 aliphatic rings. The Labute approximate surface area is 198 Å². The number of para-hydroxylation sites is 1. The van der Waals surface area contributed by atoms with Crippen LogP contribution >= 0.6 is 11.6 Å². The summed E-state index contributed by atoms with van der Waals surface area (Å²) >= 11 is 5.96. The van der Waals surface area contributed by atoms with Gasteiger partial charge in [0.15, 0.2) is 0 Å². The van der Waals surface area contributed by atoms with Gasteiger partial charge in [-0.1, -0.05) is 60.1 Å². The number of hydrogen-bond acceptors (Lipinski definition) is 3. The molecule has 34 heavy (non-hydrogen) atoms. The summed E-state index contributed by atoms with van der Waals surface area (Å²) in [5, 5.41) is 4.63. The highest BCUT2D eigenvalue weighted by molar-refractivity contribution is 6.33. The SMILES string of the molecule is CN1C(=O)C(NC(=O)Nc2cc(C(F)(F)F)ccc2Cl)N=C(c2ccccc2)c2ccccc21. The largest absolute Gasteiger partial charge is 0.416 e. The summed E-state index contributed by atoms with van der Waals surface area (Å²) in [4.78, 5) is 31.7. The van der Waals surface area contributed by atoms with Crippen molar-refractivity contribution < 1.29 is 22.8 Å². The van der Waals surface area contributed by atoms with E-state index in [1.165, 1.54) is 4.90 Å². The number of carbonyl (C=O) groups is 2. The Balaban J connectivity index is 1.67. The number of urea groups is 1. The fraction of sp³-hybridized carbons (Fsp3) is 0.125. The molecular formula is C24H18ClF3N4O2. The van der Waals surface area contributed by atoms with E-state index in [-0.39, 0.29) is 10.7 Å². The maximum atomic E-state index is 13.1. The van der Waals surface area contributed by atoms with E-state index in [0.29, 0.717) is 17.0 Å². The minimum atomic E-state index is -4.61. The first-order valence-electron chi connectivity index (χ1n) is 10.1. The molecular weight excluding hydrogens is 469 g/mol. The van der Waals surface area contributed by atoms with Crippen molar-refractivity contribution in [2.24, 2.45) is 4.99 Å². The molecule has 1 heterocycles. The third kappa shape index (κ3) is 4.74. The average molecular weight is 487 g/mol. The Morgan fingerprint density at radius 3 is 2.41 bits per heavy atom. The van der Waals surface area contributed by atoms with Gasteiger partial charge in [0, 0.05) is 18.2 Å². The highest BCUT2D eigenvalue weighted by Gasteiger charge is 2.33. The normalized spacial score (nSPS) is 15.8. The van der Waals surface area contributed by atoms with Crippen LogP contribution in [0, 0.1) is 0 Å². The summed E-state index contributed by atoms with van der Waals surface area (Å²) in [5.41, 5.74) is 1.27. The lowest BCUT2D eigenvalue weighted by molar-refractivity contribution is -0.137. The number of aliphatic imine (C=N–C) groups is 1. The number of nitrogens with zero attached hydrogens (tertiary/aromatic N) is 2. The third-order valence-corrected chi connectivity index (χ3v) is 5.53. The maximum Gasteiger partial charge on any atom is 0.416 e. The standard InChI is InChI=1S/C24H18ClF3N4O2/c1-32-19-10-6-5-9-16(19)20(14-7-3-2-4-8-14)30-21(22(32)33)31-23(34)29-18-13-15(24(26,27)28)11-12-17(18)25/h2-13,21H,1H3,(H2,29,31,34). The fourth-order valence-corrected chi connectivity index (χ4v) is 3.69. The van der Waals surface area contributed by atoms with Crippen LogP contribution < -0.4 is 15.5 Å². The van der Waals surface area contributed by atoms with Crippen LogP contribution in [0.2, 0.25) is 5.02 Å². The summed E-state index contributed by atoms with van der Waals surface area (Å²) in [7, 11) is 1.56. The summed E-state index contributed by atoms with van der Waals surface area (Å²) in [6.07, 6.45) is -5.95. The van der Waals surface area contributed by atoms with Gasteiger partial charge in [-0.2, -0.15) is 13.2 Å². The van der Waals surface area contributed by atoms with Crippen molar-refractivity contribution in [3.05, 3.63) is 94.5 Å². The summed E-state index contributed by atoms with van der Waals surface area (Å²) in [6.45, 7) is 0. The first kappa shape index (κ1) is 23.3. The van der Waals surface area contributed by atoms with E-state index >= 15 is 0 Å². The van der Waals surface area contributed by atoms with Crippen LogP contribution in [-0.2, 0) is 11.0 Å². The highest BCUT2D eigenvalue weighted by atomic mass is 35.5. The first-order chi connectivity index (χ1) is 16.1. The quantitative estimate of drug-likeness (QED) is 0.526. The van der Waals surface area contributed by atoms with Crippen LogP contribution in [0.15, 0.2) is 77.8 Å². The smallest absolute Gasteiger partial charge is 0.311 e. The van der Waals surface area contributed by atoms with E-state index in [4.69, 9.17) is 11.6 Å². The van der Waals surface area contributed by atoms with Crippen molar-refractivity contribution in [3.8, 4) is 0 Å². The number of rotatable bonds is 3. The van der Waals surface area contributed by atoms with Crippen molar-refractivity contribution >= 4 is 40.6 Å². The molecule has 1 atom stereocenters. The van der Waals surface area contributed by atoms with Gasteiger partial charge in [0.25, 0.3) is 5.91 Å². The fourth-order valence-electron chi connectivity index (χ4n) is 3.52. The van der Waals surface area contributed by atoms with E-state index < -0.39 is 29.8 Å². The zero-order valence-corrected chi connectivity index (χ0v) is 18.5. The van der Waals surface area contributed by atoms with Crippen LogP contribution in [0.1, 0.15) is 16.7 Å². The number of benzodiazepines with no additional fused rings is 1. The molecule has 4 rings (SSSR count). The van der Waals surface area contributed by atoms with Crippen molar-refractivity contribution in [2.45, 2.75) is 12.3 Å². The Bertz CT molecular complexity index is 1280. The van der Waals surface area contributed by atoms with Gasteiger partial charge in [-0.25, -0.2) is 9.79 Å². The monoisotopic (exact) mass is 486 g/mol. The van der Waals surface area contributed by atoms with Gasteiger partial charge < -0.3 is 15.5 Å². The number of hydrogen-bond donors (Lipinski definition) is 2. The minimum absolute atomic E-state index is 0.0895. The summed E-state index contributed by atoms with van der Waals surface area (Å²) in [6, 6.07) is 17.9. The van der Waals surface area contributed by atoms with Crippen LogP contribution in [0.3, 0.4) is 0 Å². The molecule has 6 nitrogen and oxygen atoms in total. The molecule has 10 heteroatoms. The molecule has 2 N–H and O–H groups in total. The second-order valence-corrected chi connectivity index (χ2v) is 7.86. The molecule has 0 bridgehead atoms. The molecule has 0 fully saturated rings. The van der Waals surface area contributed by atoms with E-state index in [0.717, 1.165) is 23.8 Å². The van der Waals surface area contributed by atoms with Gasteiger partial charge in [-0.15, -0.1) is 0 Å². The number of amides is 3. The zero-order chi connectivity index (χ0) is 24.5. The Kier molecular flexibility index (Phi) is 6.30. The Morgan fingerprint density at radius 1 is 1.03 bits per heavy atom. The third-order valence-electron chi connectivity index (χ3n) is 5.20. The maximum absolute atomic E-state index is 13.1. The number of carbonyl (C=O) groups excluding carboxylic acids is 2. The molecule has 174 valence electrons. The molecule has 3 aromatic carbocycles. The average Bonchev–Trinajstić information content (AvgIpc) is 2.91. The predicted octanol–water partition coefficient (Wildman–Crippen LogP) is 5.32. The molecule has 1 aliphatic heterocycles.